The molecule has 0 radical (unpaired) electrons. The normalized spacial score (nSPS) is 10.5. The minimum atomic E-state index is 0.532. The Morgan fingerprint density at radius 1 is 1.62 bits per heavy atom. The van der Waals surface area contributed by atoms with E-state index in [4.69, 9.17) is 17.3 Å². The number of hydrogen-bond donors (Lipinski definition) is 1. The molecule has 3 nitrogen and oxygen atoms in total. The summed E-state index contributed by atoms with van der Waals surface area (Å²) in [7, 11) is 0. The highest BCUT2D eigenvalue weighted by Crippen LogP contribution is 2.20. The zero-order chi connectivity index (χ0) is 9.26. The Morgan fingerprint density at radius 2 is 2.46 bits per heavy atom. The maximum atomic E-state index is 5.79. The van der Waals surface area contributed by atoms with Crippen molar-refractivity contribution in [3.63, 3.8) is 0 Å². The summed E-state index contributed by atoms with van der Waals surface area (Å²) in [5.41, 5.74) is 5.62. The molecule has 0 fully saturated rings. The molecule has 0 saturated heterocycles. The van der Waals surface area contributed by atoms with Gasteiger partial charge in [-0.2, -0.15) is 0 Å². The second kappa shape index (κ2) is 3.40. The molecule has 0 unspecified atom stereocenters. The van der Waals surface area contributed by atoms with E-state index in [9.17, 15) is 0 Å². The van der Waals surface area contributed by atoms with E-state index in [2.05, 4.69) is 4.98 Å². The number of nitrogens with zero attached hydrogens (tertiary/aromatic N) is 2. The molecule has 0 aromatic carbocycles. The van der Waals surface area contributed by atoms with E-state index in [-0.39, 0.29) is 0 Å². The van der Waals surface area contributed by atoms with Gasteiger partial charge in [0.25, 0.3) is 0 Å². The first-order valence-corrected chi connectivity index (χ1v) is 5.01. The van der Waals surface area contributed by atoms with Crippen LogP contribution in [0.25, 0.3) is 0 Å². The lowest BCUT2D eigenvalue weighted by atomic mass is 10.4. The number of imidazole rings is 1. The van der Waals surface area contributed by atoms with E-state index in [1.165, 1.54) is 4.88 Å². The summed E-state index contributed by atoms with van der Waals surface area (Å²) in [6, 6.07) is 1.94. The van der Waals surface area contributed by atoms with Gasteiger partial charge in [0.05, 0.1) is 11.6 Å². The smallest absolute Gasteiger partial charge is 0.200 e. The number of nitrogens with two attached hydrogens (primary N) is 1. The van der Waals surface area contributed by atoms with Crippen molar-refractivity contribution in [2.24, 2.45) is 0 Å². The summed E-state index contributed by atoms with van der Waals surface area (Å²) >= 11 is 7.42. The number of thiophene rings is 1. The zero-order valence-corrected chi connectivity index (χ0v) is 8.35. The molecule has 0 amide bonds. The predicted molar refractivity (Wildman–Crippen MR) is 55.1 cm³/mol. The molecule has 2 heterocycles. The summed E-state index contributed by atoms with van der Waals surface area (Å²) < 4.78 is 1.88. The molecule has 0 bridgehead atoms. The van der Waals surface area contributed by atoms with Crippen molar-refractivity contribution in [3.8, 4) is 0 Å². The van der Waals surface area contributed by atoms with Gasteiger partial charge >= 0.3 is 0 Å². The van der Waals surface area contributed by atoms with Gasteiger partial charge in [0, 0.05) is 22.7 Å². The summed E-state index contributed by atoms with van der Waals surface area (Å²) in [5, 5.41) is 2.68. The maximum absolute atomic E-state index is 5.79. The van der Waals surface area contributed by atoms with Crippen LogP contribution in [0.4, 0.5) is 5.95 Å². The molecule has 0 aliphatic heterocycles. The second-order valence-electron chi connectivity index (χ2n) is 2.64. The number of rotatable bonds is 2. The summed E-state index contributed by atoms with van der Waals surface area (Å²) in [4.78, 5) is 5.11. The van der Waals surface area contributed by atoms with Crippen molar-refractivity contribution in [1.29, 1.82) is 0 Å². The van der Waals surface area contributed by atoms with Crippen LogP contribution in [0.5, 0.6) is 0 Å². The highest BCUT2D eigenvalue weighted by atomic mass is 35.5. The van der Waals surface area contributed by atoms with Crippen molar-refractivity contribution >= 4 is 28.9 Å². The van der Waals surface area contributed by atoms with Crippen molar-refractivity contribution < 1.29 is 0 Å². The van der Waals surface area contributed by atoms with Gasteiger partial charge in [-0.3, -0.25) is 0 Å². The molecular formula is C8H8ClN3S. The molecule has 2 N–H and O–H groups in total. The van der Waals surface area contributed by atoms with Crippen LogP contribution in [0.15, 0.2) is 23.8 Å². The van der Waals surface area contributed by atoms with E-state index in [1.54, 1.807) is 17.5 Å². The molecule has 13 heavy (non-hydrogen) atoms. The van der Waals surface area contributed by atoms with Gasteiger partial charge in [-0.25, -0.2) is 4.98 Å². The third-order valence-corrected chi connectivity index (χ3v) is 2.96. The largest absolute Gasteiger partial charge is 0.369 e. The van der Waals surface area contributed by atoms with Crippen LogP contribution >= 0.6 is 22.9 Å². The van der Waals surface area contributed by atoms with Gasteiger partial charge in [-0.1, -0.05) is 11.6 Å². The Kier molecular flexibility index (Phi) is 2.24. The molecule has 2 rings (SSSR count). The summed E-state index contributed by atoms with van der Waals surface area (Å²) in [5.74, 6) is 0.532. The Morgan fingerprint density at radius 3 is 3.00 bits per heavy atom. The van der Waals surface area contributed by atoms with Crippen molar-refractivity contribution in [2.45, 2.75) is 6.54 Å². The van der Waals surface area contributed by atoms with Crippen LogP contribution in [0, 0.1) is 0 Å². The van der Waals surface area contributed by atoms with Crippen LogP contribution in [0.3, 0.4) is 0 Å². The van der Waals surface area contributed by atoms with Gasteiger partial charge < -0.3 is 10.3 Å². The predicted octanol–water partition coefficient (Wildman–Crippen LogP) is 2.23. The Balaban J connectivity index is 2.19. The molecule has 0 aliphatic rings. The fourth-order valence-corrected chi connectivity index (χ4v) is 2.15. The van der Waals surface area contributed by atoms with Crippen LogP contribution in [0.1, 0.15) is 4.88 Å². The van der Waals surface area contributed by atoms with E-state index in [0.717, 1.165) is 11.6 Å². The standard InChI is InChI=1S/C8H8ClN3S/c9-6-3-7(13-5-6)4-12-2-1-11-8(12)10/h1-3,5H,4H2,(H2,10,11). The number of anilines is 1. The molecule has 5 heteroatoms. The second-order valence-corrected chi connectivity index (χ2v) is 4.08. The topological polar surface area (TPSA) is 43.8 Å². The highest BCUT2D eigenvalue weighted by Gasteiger charge is 2.01. The Bertz CT molecular complexity index is 407. The van der Waals surface area contributed by atoms with Gasteiger partial charge in [-0.15, -0.1) is 11.3 Å². The molecule has 0 aliphatic carbocycles. The van der Waals surface area contributed by atoms with Crippen molar-refractivity contribution in [2.75, 3.05) is 5.73 Å². The average molecular weight is 214 g/mol. The highest BCUT2D eigenvalue weighted by molar-refractivity contribution is 7.10. The van der Waals surface area contributed by atoms with Crippen LogP contribution in [-0.4, -0.2) is 9.55 Å². The first kappa shape index (κ1) is 8.59. The molecule has 0 saturated carbocycles. The first-order chi connectivity index (χ1) is 6.25. The van der Waals surface area contributed by atoms with E-state index < -0.39 is 0 Å². The fraction of sp³-hybridized carbons (Fsp3) is 0.125. The number of halogens is 1. The summed E-state index contributed by atoms with van der Waals surface area (Å²) in [6.45, 7) is 0.739. The lowest BCUT2D eigenvalue weighted by molar-refractivity contribution is 0.824. The maximum Gasteiger partial charge on any atom is 0.200 e. The van der Waals surface area contributed by atoms with E-state index >= 15 is 0 Å². The molecule has 68 valence electrons. The third kappa shape index (κ3) is 1.84. The van der Waals surface area contributed by atoms with E-state index in [0.29, 0.717) is 5.95 Å². The fourth-order valence-electron chi connectivity index (χ4n) is 1.08. The number of hydrogen-bond acceptors (Lipinski definition) is 3. The number of nitrogen functional groups attached to an aromatic ring is 1. The summed E-state index contributed by atoms with van der Waals surface area (Å²) in [6.07, 6.45) is 3.54. The van der Waals surface area contributed by atoms with Gasteiger partial charge in [0.15, 0.2) is 5.95 Å². The molecule has 0 spiro atoms. The average Bonchev–Trinajstić information content (AvgIpc) is 2.64. The minimum Gasteiger partial charge on any atom is -0.369 e. The quantitative estimate of drug-likeness (QED) is 0.832. The van der Waals surface area contributed by atoms with Crippen LogP contribution < -0.4 is 5.73 Å². The Hall–Kier alpha value is -1.000. The molecule has 2 aromatic rings. The van der Waals surface area contributed by atoms with Crippen molar-refractivity contribution in [1.82, 2.24) is 9.55 Å². The minimum absolute atomic E-state index is 0.532. The van der Waals surface area contributed by atoms with E-state index in [1.807, 2.05) is 22.2 Å². The zero-order valence-electron chi connectivity index (χ0n) is 6.77. The monoisotopic (exact) mass is 213 g/mol. The first-order valence-electron chi connectivity index (χ1n) is 3.75. The molecule has 2 aromatic heterocycles. The van der Waals surface area contributed by atoms with Gasteiger partial charge in [0.1, 0.15) is 0 Å². The lowest BCUT2D eigenvalue weighted by Gasteiger charge is -2.00. The van der Waals surface area contributed by atoms with Gasteiger partial charge in [-0.05, 0) is 6.07 Å². The van der Waals surface area contributed by atoms with Crippen LogP contribution in [0.2, 0.25) is 5.02 Å². The Labute approximate surface area is 84.8 Å². The third-order valence-electron chi connectivity index (χ3n) is 1.70. The lowest BCUT2D eigenvalue weighted by Crippen LogP contribution is -2.01. The number of aromatic nitrogens is 2. The SMILES string of the molecule is Nc1nccn1Cc1cc(Cl)cs1. The molecule has 0 atom stereocenters. The van der Waals surface area contributed by atoms with Crippen LogP contribution in [-0.2, 0) is 6.54 Å². The van der Waals surface area contributed by atoms with Gasteiger partial charge in [0.2, 0.25) is 0 Å². The molecular weight excluding hydrogens is 206 g/mol. The van der Waals surface area contributed by atoms with Crippen molar-refractivity contribution in [3.05, 3.63) is 33.7 Å².